The van der Waals surface area contributed by atoms with Gasteiger partial charge in [-0.2, -0.15) is 0 Å². The minimum Gasteiger partial charge on any atom is -0.396 e. The van der Waals surface area contributed by atoms with E-state index in [4.69, 9.17) is 5.11 Å². The summed E-state index contributed by atoms with van der Waals surface area (Å²) in [7, 11) is 0. The molecule has 6 atom stereocenters. The summed E-state index contributed by atoms with van der Waals surface area (Å²) < 4.78 is 0. The van der Waals surface area contributed by atoms with E-state index in [0.29, 0.717) is 18.4 Å². The first kappa shape index (κ1) is 17.8. The van der Waals surface area contributed by atoms with Crippen LogP contribution in [0.3, 0.4) is 0 Å². The van der Waals surface area contributed by atoms with E-state index in [-0.39, 0.29) is 35.6 Å². The molecule has 3 aliphatic carbocycles. The van der Waals surface area contributed by atoms with Crippen LogP contribution in [-0.2, 0) is 4.79 Å². The lowest BCUT2D eigenvalue weighted by Crippen LogP contribution is -2.60. The van der Waals surface area contributed by atoms with Crippen molar-refractivity contribution in [2.75, 3.05) is 6.61 Å². The number of carbonyl (C=O) groups is 1. The van der Waals surface area contributed by atoms with E-state index in [1.807, 2.05) is 0 Å². The van der Waals surface area contributed by atoms with Crippen LogP contribution in [0.15, 0.2) is 24.3 Å². The van der Waals surface area contributed by atoms with Crippen molar-refractivity contribution in [2.45, 2.75) is 58.2 Å². The number of aliphatic hydroxyl groups is 3. The number of hydrogen-bond acceptors (Lipinski definition) is 4. The summed E-state index contributed by atoms with van der Waals surface area (Å²) in [5.74, 6) is -0.462. The van der Waals surface area contributed by atoms with Gasteiger partial charge in [-0.1, -0.05) is 32.6 Å². The first-order valence-corrected chi connectivity index (χ1v) is 9.08. The fourth-order valence-corrected chi connectivity index (χ4v) is 5.80. The lowest BCUT2D eigenvalue weighted by molar-refractivity contribution is -0.162. The minimum atomic E-state index is -1.12. The van der Waals surface area contributed by atoms with Crippen LogP contribution in [-0.4, -0.2) is 39.9 Å². The summed E-state index contributed by atoms with van der Waals surface area (Å²) in [6.45, 7) is 12.7. The van der Waals surface area contributed by atoms with E-state index in [1.165, 1.54) is 0 Å². The lowest BCUT2D eigenvalue weighted by atomic mass is 9.50. The number of ketones is 1. The highest BCUT2D eigenvalue weighted by Gasteiger charge is 2.69. The lowest BCUT2D eigenvalue weighted by Gasteiger charge is -2.55. The second kappa shape index (κ2) is 5.79. The molecule has 6 unspecified atom stereocenters. The van der Waals surface area contributed by atoms with Gasteiger partial charge in [-0.15, -0.1) is 0 Å². The maximum atomic E-state index is 12.9. The molecular formula is C20H30O4. The van der Waals surface area contributed by atoms with Gasteiger partial charge in [0.15, 0.2) is 5.78 Å². The molecule has 24 heavy (non-hydrogen) atoms. The van der Waals surface area contributed by atoms with Gasteiger partial charge in [-0.05, 0) is 54.9 Å². The maximum absolute atomic E-state index is 12.9. The van der Waals surface area contributed by atoms with Crippen LogP contribution < -0.4 is 0 Å². The molecule has 0 saturated heterocycles. The number of carbonyl (C=O) groups excluding carboxylic acids is 1. The summed E-state index contributed by atoms with van der Waals surface area (Å²) in [5, 5.41) is 31.0. The van der Waals surface area contributed by atoms with Gasteiger partial charge in [0.05, 0.1) is 17.6 Å². The number of hydrogen-bond donors (Lipinski definition) is 3. The van der Waals surface area contributed by atoms with E-state index in [1.54, 1.807) is 0 Å². The van der Waals surface area contributed by atoms with Crippen molar-refractivity contribution < 1.29 is 20.1 Å². The van der Waals surface area contributed by atoms with E-state index in [2.05, 4.69) is 27.0 Å². The topological polar surface area (TPSA) is 77.8 Å². The SMILES string of the molecule is C=C1C(=O)C23C(O)CC(C(C)(C)CCCO)C(=C)C2CCC1C3O. The number of allylic oxidation sites excluding steroid dienone is 1. The standard InChI is InChI=1S/C20H30O4/c1-11-13-6-7-14-12(2)15(19(3,4)8-5-9-21)10-16(22)20(14,17(11)23)18(13)24/h13-16,18,21-22,24H,1-2,5-10H2,3-4H3. The van der Waals surface area contributed by atoms with Crippen LogP contribution in [0.2, 0.25) is 0 Å². The van der Waals surface area contributed by atoms with Gasteiger partial charge in [0.1, 0.15) is 0 Å². The third-order valence-electron chi connectivity index (χ3n) is 7.17. The predicted octanol–water partition coefficient (Wildman–Crippen LogP) is 2.23. The van der Waals surface area contributed by atoms with E-state index < -0.39 is 17.6 Å². The normalized spacial score (nSPS) is 42.4. The van der Waals surface area contributed by atoms with Crippen molar-refractivity contribution in [1.29, 1.82) is 0 Å². The van der Waals surface area contributed by atoms with Gasteiger partial charge in [0, 0.05) is 12.5 Å². The van der Waals surface area contributed by atoms with Crippen molar-refractivity contribution in [1.82, 2.24) is 0 Å². The number of rotatable bonds is 4. The fraction of sp³-hybridized carbons (Fsp3) is 0.750. The van der Waals surface area contributed by atoms with Crippen LogP contribution in [0, 0.1) is 28.6 Å². The zero-order chi connectivity index (χ0) is 17.9. The van der Waals surface area contributed by atoms with Gasteiger partial charge >= 0.3 is 0 Å². The van der Waals surface area contributed by atoms with Crippen LogP contribution >= 0.6 is 0 Å². The highest BCUT2D eigenvalue weighted by molar-refractivity contribution is 6.04. The van der Waals surface area contributed by atoms with E-state index in [9.17, 15) is 15.0 Å². The van der Waals surface area contributed by atoms with Crippen molar-refractivity contribution in [3.8, 4) is 0 Å². The van der Waals surface area contributed by atoms with Gasteiger partial charge in [-0.25, -0.2) is 0 Å². The highest BCUT2D eigenvalue weighted by Crippen LogP contribution is 2.64. The second-order valence-corrected chi connectivity index (χ2v) is 8.66. The predicted molar refractivity (Wildman–Crippen MR) is 92.2 cm³/mol. The molecule has 0 aromatic rings. The Morgan fingerprint density at radius 2 is 1.92 bits per heavy atom. The van der Waals surface area contributed by atoms with Gasteiger partial charge in [-0.3, -0.25) is 4.79 Å². The molecule has 0 aliphatic heterocycles. The molecule has 134 valence electrons. The third kappa shape index (κ3) is 2.12. The summed E-state index contributed by atoms with van der Waals surface area (Å²) in [5.41, 5.74) is 0.238. The molecule has 3 fully saturated rings. The number of aliphatic hydroxyl groups excluding tert-OH is 3. The summed E-state index contributed by atoms with van der Waals surface area (Å²) in [6.07, 6.45) is 1.79. The Kier molecular flexibility index (Phi) is 4.30. The molecule has 0 radical (unpaired) electrons. The maximum Gasteiger partial charge on any atom is 0.170 e. The smallest absolute Gasteiger partial charge is 0.170 e. The molecule has 3 N–H and O–H groups in total. The third-order valence-corrected chi connectivity index (χ3v) is 7.17. The molecule has 0 amide bonds. The summed E-state index contributed by atoms with van der Waals surface area (Å²) >= 11 is 0. The van der Waals surface area contributed by atoms with E-state index >= 15 is 0 Å². The largest absolute Gasteiger partial charge is 0.396 e. The van der Waals surface area contributed by atoms with Gasteiger partial charge in [0.25, 0.3) is 0 Å². The molecule has 1 spiro atoms. The Morgan fingerprint density at radius 3 is 2.54 bits per heavy atom. The van der Waals surface area contributed by atoms with Crippen molar-refractivity contribution in [3.05, 3.63) is 24.3 Å². The average molecular weight is 334 g/mol. The first-order valence-electron chi connectivity index (χ1n) is 9.08. The summed E-state index contributed by atoms with van der Waals surface area (Å²) in [4.78, 5) is 12.9. The molecule has 4 heteroatoms. The zero-order valence-corrected chi connectivity index (χ0v) is 14.8. The van der Waals surface area contributed by atoms with Crippen LogP contribution in [0.25, 0.3) is 0 Å². The Labute approximate surface area is 144 Å². The molecule has 0 aromatic heterocycles. The molecular weight excluding hydrogens is 304 g/mol. The molecule has 2 bridgehead atoms. The Balaban J connectivity index is 1.97. The molecule has 4 nitrogen and oxygen atoms in total. The van der Waals surface area contributed by atoms with Crippen LogP contribution in [0.5, 0.6) is 0 Å². The highest BCUT2D eigenvalue weighted by atomic mass is 16.3. The molecule has 3 saturated carbocycles. The van der Waals surface area contributed by atoms with Crippen molar-refractivity contribution in [3.63, 3.8) is 0 Å². The number of Topliss-reactive ketones (excluding diaryl/α,β-unsaturated/α-hetero) is 1. The van der Waals surface area contributed by atoms with E-state index in [0.717, 1.165) is 24.8 Å². The monoisotopic (exact) mass is 334 g/mol. The minimum absolute atomic E-state index is 0.0834. The first-order chi connectivity index (χ1) is 11.2. The average Bonchev–Trinajstić information content (AvgIpc) is 2.65. The van der Waals surface area contributed by atoms with Gasteiger partial charge < -0.3 is 15.3 Å². The molecule has 3 rings (SSSR count). The zero-order valence-electron chi connectivity index (χ0n) is 14.8. The Bertz CT molecular complexity index is 578. The number of fused-ring (bicyclic) bond motifs is 1. The van der Waals surface area contributed by atoms with Crippen LogP contribution in [0.1, 0.15) is 46.0 Å². The van der Waals surface area contributed by atoms with Crippen molar-refractivity contribution in [2.24, 2.45) is 28.6 Å². The molecule has 0 heterocycles. The second-order valence-electron chi connectivity index (χ2n) is 8.66. The van der Waals surface area contributed by atoms with Crippen LogP contribution in [0.4, 0.5) is 0 Å². The molecule has 3 aliphatic rings. The van der Waals surface area contributed by atoms with Crippen molar-refractivity contribution >= 4 is 5.78 Å². The van der Waals surface area contributed by atoms with Gasteiger partial charge in [0.2, 0.25) is 0 Å². The fourth-order valence-electron chi connectivity index (χ4n) is 5.80. The quantitative estimate of drug-likeness (QED) is 0.544. The Hall–Kier alpha value is -0.970. The summed E-state index contributed by atoms with van der Waals surface area (Å²) in [6, 6.07) is 0. The Morgan fingerprint density at radius 1 is 1.25 bits per heavy atom. The molecule has 0 aromatic carbocycles.